The maximum absolute atomic E-state index is 5.69. The van der Waals surface area contributed by atoms with E-state index in [-0.39, 0.29) is 0 Å². The molecule has 0 spiro atoms. The van der Waals surface area contributed by atoms with Gasteiger partial charge in [-0.3, -0.25) is 9.73 Å². The van der Waals surface area contributed by atoms with Gasteiger partial charge in [0.15, 0.2) is 0 Å². The molecule has 0 aliphatic carbocycles. The van der Waals surface area contributed by atoms with Crippen LogP contribution in [-0.2, 0) is 0 Å². The molecule has 2 nitrogen and oxygen atoms in total. The van der Waals surface area contributed by atoms with Gasteiger partial charge in [0.25, 0.3) is 0 Å². The molecule has 1 heterocycles. The van der Waals surface area contributed by atoms with Crippen LogP contribution in [0, 0.1) is 13.8 Å². The van der Waals surface area contributed by atoms with E-state index >= 15 is 0 Å². The van der Waals surface area contributed by atoms with Crippen LogP contribution in [0.1, 0.15) is 11.1 Å². The lowest BCUT2D eigenvalue weighted by molar-refractivity contribution is 1.34. The van der Waals surface area contributed by atoms with Crippen molar-refractivity contribution in [3.63, 3.8) is 0 Å². The highest BCUT2D eigenvalue weighted by Gasteiger charge is 2.31. The van der Waals surface area contributed by atoms with Crippen LogP contribution in [0.5, 0.6) is 0 Å². The first kappa shape index (κ1) is 22.5. The zero-order valence-corrected chi connectivity index (χ0v) is 21.5. The van der Waals surface area contributed by atoms with Gasteiger partial charge in [-0.15, -0.1) is 0 Å². The Bertz CT molecular complexity index is 1210. The second-order valence-electron chi connectivity index (χ2n) is 9.28. The van der Waals surface area contributed by atoms with E-state index in [2.05, 4.69) is 131 Å². The average molecular weight is 455 g/mol. The molecule has 0 N–H and O–H groups in total. The molecule has 1 aromatic heterocycles. The van der Waals surface area contributed by atoms with Gasteiger partial charge in [0.1, 0.15) is 8.07 Å². The fourth-order valence-corrected chi connectivity index (χ4v) is 8.69. The molecule has 0 bridgehead atoms. The SMILES string of the molecule is Cc1cccc(C)c1N=P(c1ccccc1)(c1ccccc1)c1cccc([Si](C)(C)C)n1. The summed E-state index contributed by atoms with van der Waals surface area (Å²) in [7, 11) is -3.98. The Kier molecular flexibility index (Phi) is 6.32. The monoisotopic (exact) mass is 454 g/mol. The quantitative estimate of drug-likeness (QED) is 0.266. The van der Waals surface area contributed by atoms with Gasteiger partial charge in [0.2, 0.25) is 0 Å². The number of hydrogen-bond donors (Lipinski definition) is 0. The second kappa shape index (κ2) is 9.01. The van der Waals surface area contributed by atoms with E-state index in [0.29, 0.717) is 0 Å². The molecule has 4 heteroatoms. The van der Waals surface area contributed by atoms with Gasteiger partial charge in [0, 0.05) is 15.9 Å². The van der Waals surface area contributed by atoms with Crippen molar-refractivity contribution in [1.82, 2.24) is 4.98 Å². The average Bonchev–Trinajstić information content (AvgIpc) is 2.80. The third-order valence-electron chi connectivity index (χ3n) is 5.78. The first-order valence-electron chi connectivity index (χ1n) is 11.1. The fourth-order valence-electron chi connectivity index (χ4n) is 4.00. The predicted octanol–water partition coefficient (Wildman–Crippen LogP) is 6.05. The number of pyridine rings is 1. The summed E-state index contributed by atoms with van der Waals surface area (Å²) in [6.45, 7) is 11.4. The smallest absolute Gasteiger partial charge is 0.101 e. The number of rotatable bonds is 5. The van der Waals surface area contributed by atoms with Crippen LogP contribution >= 0.6 is 7.05 Å². The van der Waals surface area contributed by atoms with Crippen molar-refractivity contribution in [1.29, 1.82) is 0 Å². The van der Waals surface area contributed by atoms with E-state index < -0.39 is 15.1 Å². The van der Waals surface area contributed by atoms with E-state index in [1.807, 2.05) is 0 Å². The van der Waals surface area contributed by atoms with E-state index in [1.54, 1.807) is 0 Å². The van der Waals surface area contributed by atoms with Gasteiger partial charge >= 0.3 is 0 Å². The van der Waals surface area contributed by atoms with Crippen molar-refractivity contribution in [2.75, 3.05) is 0 Å². The standard InChI is InChI=1S/C28H31N2PSi/c1-22-14-12-15-23(2)28(22)30-31(24-16-8-6-9-17-24,25-18-10-7-11-19-25)26-20-13-21-27(29-26)32(3,4)5/h6-21H,1-5H3. The maximum atomic E-state index is 5.69. The van der Waals surface area contributed by atoms with Crippen LogP contribution in [0.4, 0.5) is 5.69 Å². The Morgan fingerprint density at radius 1 is 0.625 bits per heavy atom. The predicted molar refractivity (Wildman–Crippen MR) is 144 cm³/mol. The number of nitrogens with zero attached hydrogens (tertiary/aromatic N) is 2. The van der Waals surface area contributed by atoms with Crippen molar-refractivity contribution in [3.05, 3.63) is 108 Å². The molecule has 0 atom stereocenters. The molecule has 4 aromatic rings. The van der Waals surface area contributed by atoms with Crippen LogP contribution in [0.3, 0.4) is 0 Å². The highest BCUT2D eigenvalue weighted by molar-refractivity contribution is 7.87. The molecule has 0 aliphatic rings. The Hall–Kier alpha value is -2.74. The van der Waals surface area contributed by atoms with E-state index in [1.165, 1.54) is 27.1 Å². The van der Waals surface area contributed by atoms with Gasteiger partial charge in [-0.05, 0) is 37.1 Å². The Labute approximate surface area is 193 Å². The molecule has 0 aliphatic heterocycles. The third kappa shape index (κ3) is 4.28. The Morgan fingerprint density at radius 2 is 1.12 bits per heavy atom. The van der Waals surface area contributed by atoms with Crippen molar-refractivity contribution >= 4 is 42.2 Å². The largest absolute Gasteiger partial charge is 0.256 e. The number of hydrogen-bond acceptors (Lipinski definition) is 2. The fraction of sp³-hybridized carbons (Fsp3) is 0.179. The third-order valence-corrected chi connectivity index (χ3v) is 11.1. The molecule has 0 amide bonds. The van der Waals surface area contributed by atoms with Crippen molar-refractivity contribution in [2.24, 2.45) is 4.74 Å². The van der Waals surface area contributed by atoms with E-state index in [9.17, 15) is 0 Å². The van der Waals surface area contributed by atoms with Gasteiger partial charge in [-0.25, -0.2) is 0 Å². The first-order chi connectivity index (χ1) is 15.3. The summed E-state index contributed by atoms with van der Waals surface area (Å²) in [6, 6.07) is 34.5. The molecule has 0 unspecified atom stereocenters. The molecule has 0 fully saturated rings. The summed E-state index contributed by atoms with van der Waals surface area (Å²) in [5, 5.41) is 3.69. The molecule has 32 heavy (non-hydrogen) atoms. The van der Waals surface area contributed by atoms with E-state index in [4.69, 9.17) is 9.73 Å². The van der Waals surface area contributed by atoms with Crippen molar-refractivity contribution in [3.8, 4) is 0 Å². The molecule has 0 saturated heterocycles. The molecule has 4 rings (SSSR count). The Balaban J connectivity index is 2.19. The number of aryl methyl sites for hydroxylation is 2. The molecule has 0 radical (unpaired) electrons. The minimum absolute atomic E-state index is 1.08. The van der Waals surface area contributed by atoms with Gasteiger partial charge in [-0.2, -0.15) is 0 Å². The zero-order valence-electron chi connectivity index (χ0n) is 19.6. The minimum Gasteiger partial charge on any atom is -0.256 e. The highest BCUT2D eigenvalue weighted by Crippen LogP contribution is 2.49. The lowest BCUT2D eigenvalue weighted by Gasteiger charge is -2.28. The summed E-state index contributed by atoms with van der Waals surface area (Å²) in [5.74, 6) is 0. The summed E-state index contributed by atoms with van der Waals surface area (Å²) in [4.78, 5) is 5.34. The lowest BCUT2D eigenvalue weighted by Crippen LogP contribution is -2.43. The number of benzene rings is 3. The molecule has 0 saturated carbocycles. The summed E-state index contributed by atoms with van der Waals surface area (Å²) in [6.07, 6.45) is 0. The topological polar surface area (TPSA) is 25.2 Å². The number of aromatic nitrogens is 1. The first-order valence-corrected chi connectivity index (χ1v) is 16.3. The van der Waals surface area contributed by atoms with Crippen molar-refractivity contribution in [2.45, 2.75) is 33.5 Å². The molecule has 3 aromatic carbocycles. The van der Waals surface area contributed by atoms with Gasteiger partial charge in [0.05, 0.1) is 18.2 Å². The molecule has 162 valence electrons. The maximum Gasteiger partial charge on any atom is 0.101 e. The summed E-state index contributed by atoms with van der Waals surface area (Å²) in [5.41, 5.74) is 4.55. The summed E-state index contributed by atoms with van der Waals surface area (Å²) >= 11 is 0. The lowest BCUT2D eigenvalue weighted by atomic mass is 10.1. The highest BCUT2D eigenvalue weighted by atomic mass is 31.2. The molecular weight excluding hydrogens is 423 g/mol. The van der Waals surface area contributed by atoms with Gasteiger partial charge in [-0.1, -0.05) is 105 Å². The minimum atomic E-state index is -2.39. The molecular formula is C28H31N2PSi. The van der Waals surface area contributed by atoms with Crippen LogP contribution < -0.4 is 21.4 Å². The van der Waals surface area contributed by atoms with Crippen LogP contribution in [0.15, 0.2) is 102 Å². The van der Waals surface area contributed by atoms with E-state index in [0.717, 1.165) is 11.1 Å². The van der Waals surface area contributed by atoms with Crippen LogP contribution in [0.2, 0.25) is 19.6 Å². The second-order valence-corrected chi connectivity index (χ2v) is 17.3. The van der Waals surface area contributed by atoms with Gasteiger partial charge < -0.3 is 0 Å². The normalized spacial score (nSPS) is 11.9. The Morgan fingerprint density at radius 3 is 1.62 bits per heavy atom. The van der Waals surface area contributed by atoms with Crippen molar-refractivity contribution < 1.29 is 0 Å². The summed E-state index contributed by atoms with van der Waals surface area (Å²) < 4.78 is 5.69. The zero-order chi connectivity index (χ0) is 22.8. The van der Waals surface area contributed by atoms with Crippen LogP contribution in [-0.4, -0.2) is 13.1 Å². The van der Waals surface area contributed by atoms with Crippen LogP contribution in [0.25, 0.3) is 0 Å².